The Labute approximate surface area is 123 Å². The van der Waals surface area contributed by atoms with Gasteiger partial charge in [0, 0.05) is 0 Å². The van der Waals surface area contributed by atoms with Crippen LogP contribution in [-0.2, 0) is 6.42 Å². The second-order valence-corrected chi connectivity index (χ2v) is 7.98. The highest BCUT2D eigenvalue weighted by Gasteiger charge is 2.36. The van der Waals surface area contributed by atoms with E-state index in [4.69, 9.17) is 4.74 Å². The molecule has 1 aliphatic heterocycles. The largest absolute Gasteiger partial charge is 0.486 e. The van der Waals surface area contributed by atoms with Crippen molar-refractivity contribution in [2.75, 3.05) is 0 Å². The van der Waals surface area contributed by atoms with Crippen LogP contribution in [0.3, 0.4) is 0 Å². The average Bonchev–Trinajstić information content (AvgIpc) is 2.34. The van der Waals surface area contributed by atoms with E-state index in [0.717, 1.165) is 18.6 Å². The lowest BCUT2D eigenvalue weighted by molar-refractivity contribution is 0.157. The molecule has 1 atom stereocenters. The van der Waals surface area contributed by atoms with Crippen molar-refractivity contribution in [2.24, 2.45) is 10.8 Å². The molecule has 1 heteroatoms. The minimum Gasteiger partial charge on any atom is -0.486 e. The summed E-state index contributed by atoms with van der Waals surface area (Å²) in [6.45, 7) is 9.48. The van der Waals surface area contributed by atoms with E-state index in [9.17, 15) is 0 Å². The molecule has 1 aromatic carbocycles. The molecule has 3 rings (SSSR count). The third-order valence-corrected chi connectivity index (χ3v) is 4.52. The highest BCUT2D eigenvalue weighted by molar-refractivity contribution is 5.37. The van der Waals surface area contributed by atoms with E-state index in [-0.39, 0.29) is 11.5 Å². The lowest BCUT2D eigenvalue weighted by Gasteiger charge is -2.42. The van der Waals surface area contributed by atoms with E-state index >= 15 is 0 Å². The molecule has 0 radical (unpaired) electrons. The molecule has 0 aromatic heterocycles. The Morgan fingerprint density at radius 3 is 2.60 bits per heavy atom. The zero-order valence-electron chi connectivity index (χ0n) is 13.2. The zero-order chi connectivity index (χ0) is 14.4. The first kappa shape index (κ1) is 13.7. The Hall–Kier alpha value is -1.24. The lowest BCUT2D eigenvalue weighted by atomic mass is 9.65. The summed E-state index contributed by atoms with van der Waals surface area (Å²) in [5.74, 6) is 1.09. The fourth-order valence-corrected chi connectivity index (χ4v) is 4.24. The Bertz CT molecular complexity index is 536. The number of aryl methyl sites for hydroxylation is 1. The van der Waals surface area contributed by atoms with E-state index in [0.29, 0.717) is 5.41 Å². The normalized spacial score (nSPS) is 27.2. The van der Waals surface area contributed by atoms with Gasteiger partial charge in [-0.3, -0.25) is 0 Å². The number of para-hydroxylation sites is 1. The minimum atomic E-state index is 0.281. The molecule has 0 spiro atoms. The molecule has 1 nitrogen and oxygen atoms in total. The van der Waals surface area contributed by atoms with Crippen molar-refractivity contribution in [2.45, 2.75) is 59.5 Å². The predicted octanol–water partition coefficient (Wildman–Crippen LogP) is 5.15. The van der Waals surface area contributed by atoms with Crippen molar-refractivity contribution in [3.05, 3.63) is 41.5 Å². The second-order valence-electron chi connectivity index (χ2n) is 7.98. The maximum atomic E-state index is 6.29. The van der Waals surface area contributed by atoms with Crippen LogP contribution in [-0.4, -0.2) is 6.10 Å². The molecule has 1 aromatic rings. The summed E-state index contributed by atoms with van der Waals surface area (Å²) in [5, 5.41) is 0. The first-order valence-electron chi connectivity index (χ1n) is 7.81. The smallest absolute Gasteiger partial charge is 0.123 e. The second kappa shape index (κ2) is 4.65. The molecular formula is C19H26O. The van der Waals surface area contributed by atoms with Crippen LogP contribution in [0.2, 0.25) is 0 Å². The van der Waals surface area contributed by atoms with Crippen LogP contribution < -0.4 is 4.74 Å². The Morgan fingerprint density at radius 1 is 1.10 bits per heavy atom. The third kappa shape index (κ3) is 2.77. The molecule has 0 saturated heterocycles. The van der Waals surface area contributed by atoms with E-state index in [1.807, 2.05) is 0 Å². The number of benzene rings is 1. The maximum Gasteiger partial charge on any atom is 0.123 e. The van der Waals surface area contributed by atoms with Crippen LogP contribution in [0, 0.1) is 10.8 Å². The van der Waals surface area contributed by atoms with Crippen LogP contribution in [0.5, 0.6) is 5.75 Å². The highest BCUT2D eigenvalue weighted by atomic mass is 16.5. The van der Waals surface area contributed by atoms with Gasteiger partial charge in [-0.15, -0.1) is 0 Å². The molecule has 1 unspecified atom stereocenters. The van der Waals surface area contributed by atoms with Crippen LogP contribution in [0.25, 0.3) is 0 Å². The summed E-state index contributed by atoms with van der Waals surface area (Å²) in [6.07, 6.45) is 7.45. The molecule has 1 aliphatic carbocycles. The Morgan fingerprint density at radius 2 is 1.85 bits per heavy atom. The molecule has 2 aliphatic rings. The molecule has 108 valence electrons. The van der Waals surface area contributed by atoms with Crippen LogP contribution in [0.4, 0.5) is 0 Å². The van der Waals surface area contributed by atoms with Crippen LogP contribution in [0.1, 0.15) is 52.5 Å². The van der Waals surface area contributed by atoms with Gasteiger partial charge in [-0.05, 0) is 53.7 Å². The summed E-state index contributed by atoms with van der Waals surface area (Å²) in [5.41, 5.74) is 3.55. The predicted molar refractivity (Wildman–Crippen MR) is 84.1 cm³/mol. The van der Waals surface area contributed by atoms with Gasteiger partial charge in [-0.25, -0.2) is 0 Å². The molecular weight excluding hydrogens is 244 g/mol. The van der Waals surface area contributed by atoms with Crippen molar-refractivity contribution >= 4 is 0 Å². The monoisotopic (exact) mass is 270 g/mol. The summed E-state index contributed by atoms with van der Waals surface area (Å²) < 4.78 is 6.29. The highest BCUT2D eigenvalue weighted by Crippen LogP contribution is 2.46. The number of hydrogen-bond donors (Lipinski definition) is 0. The van der Waals surface area contributed by atoms with Crippen molar-refractivity contribution in [1.82, 2.24) is 0 Å². The standard InChI is InChI=1S/C19H26O/c1-18(2)11-15(12-19(3,4)13-18)17-10-9-14-7-5-6-8-16(14)20-17/h5-8,11,17H,9-10,12-13H2,1-4H3. The minimum absolute atomic E-state index is 0.281. The lowest BCUT2D eigenvalue weighted by Crippen LogP contribution is -2.34. The van der Waals surface area contributed by atoms with E-state index in [2.05, 4.69) is 58.0 Å². The van der Waals surface area contributed by atoms with Gasteiger partial charge in [-0.1, -0.05) is 52.0 Å². The molecule has 0 bridgehead atoms. The van der Waals surface area contributed by atoms with Crippen molar-refractivity contribution in [1.29, 1.82) is 0 Å². The van der Waals surface area contributed by atoms with Gasteiger partial charge in [-0.2, -0.15) is 0 Å². The Balaban J connectivity index is 1.86. The topological polar surface area (TPSA) is 9.23 Å². The number of hydrogen-bond acceptors (Lipinski definition) is 1. The van der Waals surface area contributed by atoms with E-state index in [1.165, 1.54) is 24.0 Å². The first-order valence-corrected chi connectivity index (χ1v) is 7.81. The molecule has 1 heterocycles. The maximum absolute atomic E-state index is 6.29. The molecule has 0 saturated carbocycles. The fraction of sp³-hybridized carbons (Fsp3) is 0.579. The Kier molecular flexibility index (Phi) is 3.19. The van der Waals surface area contributed by atoms with Crippen molar-refractivity contribution < 1.29 is 4.74 Å². The number of rotatable bonds is 1. The molecule has 0 fully saturated rings. The number of allylic oxidation sites excluding steroid dienone is 1. The van der Waals surface area contributed by atoms with Crippen LogP contribution >= 0.6 is 0 Å². The number of ether oxygens (including phenoxy) is 1. The average molecular weight is 270 g/mol. The van der Waals surface area contributed by atoms with E-state index < -0.39 is 0 Å². The van der Waals surface area contributed by atoms with E-state index in [1.54, 1.807) is 0 Å². The molecule has 0 amide bonds. The summed E-state index contributed by atoms with van der Waals surface area (Å²) in [6, 6.07) is 8.48. The van der Waals surface area contributed by atoms with Gasteiger partial charge in [0.2, 0.25) is 0 Å². The van der Waals surface area contributed by atoms with Crippen molar-refractivity contribution in [3.63, 3.8) is 0 Å². The zero-order valence-corrected chi connectivity index (χ0v) is 13.2. The van der Waals surface area contributed by atoms with Gasteiger partial charge in [0.15, 0.2) is 0 Å². The van der Waals surface area contributed by atoms with Crippen LogP contribution in [0.15, 0.2) is 35.9 Å². The first-order chi connectivity index (χ1) is 9.35. The van der Waals surface area contributed by atoms with Gasteiger partial charge >= 0.3 is 0 Å². The quantitative estimate of drug-likeness (QED) is 0.641. The summed E-state index contributed by atoms with van der Waals surface area (Å²) >= 11 is 0. The SMILES string of the molecule is CC1(C)C=C(C2CCc3ccccc3O2)CC(C)(C)C1. The van der Waals surface area contributed by atoms with Crippen molar-refractivity contribution in [3.8, 4) is 5.75 Å². The third-order valence-electron chi connectivity index (χ3n) is 4.52. The van der Waals surface area contributed by atoms with Gasteiger partial charge < -0.3 is 4.74 Å². The summed E-state index contributed by atoms with van der Waals surface area (Å²) in [4.78, 5) is 0. The fourth-order valence-electron chi connectivity index (χ4n) is 4.24. The molecule has 0 N–H and O–H groups in total. The van der Waals surface area contributed by atoms with Gasteiger partial charge in [0.25, 0.3) is 0 Å². The summed E-state index contributed by atoms with van der Waals surface area (Å²) in [7, 11) is 0. The van der Waals surface area contributed by atoms with Gasteiger partial charge in [0.05, 0.1) is 0 Å². The molecule has 20 heavy (non-hydrogen) atoms. The number of fused-ring (bicyclic) bond motifs is 1. The van der Waals surface area contributed by atoms with Gasteiger partial charge in [0.1, 0.15) is 11.9 Å².